The second-order valence-electron chi connectivity index (χ2n) is 3.48. The van der Waals surface area contributed by atoms with Crippen LogP contribution in [-0.2, 0) is 9.53 Å². The van der Waals surface area contributed by atoms with E-state index >= 15 is 0 Å². The Hall–Kier alpha value is -0.610. The minimum atomic E-state index is -0.685. The Bertz CT molecular complexity index is 181. The number of morpholine rings is 1. The predicted octanol–water partition coefficient (Wildman–Crippen LogP) is -0.162. The molecule has 0 radical (unpaired) electrons. The van der Waals surface area contributed by atoms with Crippen molar-refractivity contribution in [2.24, 2.45) is 5.92 Å². The Labute approximate surface area is 70.9 Å². The van der Waals surface area contributed by atoms with Crippen LogP contribution >= 0.6 is 0 Å². The molecule has 68 valence electrons. The molecule has 4 heteroatoms. The average Bonchev–Trinajstić information content (AvgIpc) is 2.46. The van der Waals surface area contributed by atoms with Gasteiger partial charge in [-0.05, 0) is 12.8 Å². The van der Waals surface area contributed by atoms with Gasteiger partial charge in [0.2, 0.25) is 0 Å². The van der Waals surface area contributed by atoms with Gasteiger partial charge in [0.25, 0.3) is 0 Å². The van der Waals surface area contributed by atoms with Crippen molar-refractivity contribution in [3.63, 3.8) is 0 Å². The monoisotopic (exact) mass is 171 g/mol. The number of carboxylic acids is 1. The fourth-order valence-corrected chi connectivity index (χ4v) is 2.05. The van der Waals surface area contributed by atoms with E-state index in [0.717, 1.165) is 13.0 Å². The van der Waals surface area contributed by atoms with Gasteiger partial charge in [-0.1, -0.05) is 0 Å². The quantitative estimate of drug-likeness (QED) is 0.575. The summed E-state index contributed by atoms with van der Waals surface area (Å²) in [5, 5.41) is 12.1. The molecule has 1 heterocycles. The van der Waals surface area contributed by atoms with Crippen molar-refractivity contribution in [2.45, 2.75) is 25.0 Å². The van der Waals surface area contributed by atoms with Crippen molar-refractivity contribution in [3.05, 3.63) is 0 Å². The van der Waals surface area contributed by atoms with Crippen molar-refractivity contribution in [2.75, 3.05) is 13.2 Å². The summed E-state index contributed by atoms with van der Waals surface area (Å²) in [6.07, 6.45) is 1.53. The molecule has 0 spiro atoms. The van der Waals surface area contributed by atoms with Crippen LogP contribution in [0.2, 0.25) is 0 Å². The van der Waals surface area contributed by atoms with Gasteiger partial charge in [-0.3, -0.25) is 4.79 Å². The number of aliphatic carboxylic acids is 1. The molecule has 1 saturated heterocycles. The highest BCUT2D eigenvalue weighted by molar-refractivity contribution is 5.70. The Morgan fingerprint density at radius 2 is 2.33 bits per heavy atom. The lowest BCUT2D eigenvalue weighted by Gasteiger charge is -2.26. The molecule has 0 aromatic rings. The third-order valence-electron chi connectivity index (χ3n) is 2.69. The number of hydrogen-bond acceptors (Lipinski definition) is 3. The topological polar surface area (TPSA) is 58.6 Å². The van der Waals surface area contributed by atoms with Gasteiger partial charge >= 0.3 is 5.97 Å². The zero-order valence-corrected chi connectivity index (χ0v) is 6.82. The fraction of sp³-hybridized carbons (Fsp3) is 0.875. The first kappa shape index (κ1) is 8.01. The molecule has 2 fully saturated rings. The molecule has 1 saturated carbocycles. The van der Waals surface area contributed by atoms with E-state index in [2.05, 4.69) is 5.32 Å². The largest absolute Gasteiger partial charge is 0.481 e. The third kappa shape index (κ3) is 1.32. The van der Waals surface area contributed by atoms with E-state index in [0.29, 0.717) is 13.0 Å². The van der Waals surface area contributed by atoms with E-state index < -0.39 is 5.97 Å². The number of carboxylic acid groups (broad SMARTS) is 1. The molecule has 12 heavy (non-hydrogen) atoms. The predicted molar refractivity (Wildman–Crippen MR) is 41.9 cm³/mol. The maximum atomic E-state index is 10.7. The summed E-state index contributed by atoms with van der Waals surface area (Å²) < 4.78 is 5.46. The smallest absolute Gasteiger partial charge is 0.306 e. The van der Waals surface area contributed by atoms with Gasteiger partial charge in [-0.25, -0.2) is 0 Å². The first-order valence-corrected chi connectivity index (χ1v) is 4.35. The maximum absolute atomic E-state index is 10.7. The van der Waals surface area contributed by atoms with E-state index in [1.807, 2.05) is 0 Å². The van der Waals surface area contributed by atoms with E-state index in [-0.39, 0.29) is 18.1 Å². The van der Waals surface area contributed by atoms with Crippen LogP contribution in [0.1, 0.15) is 12.8 Å². The molecule has 1 aliphatic heterocycles. The van der Waals surface area contributed by atoms with Gasteiger partial charge in [-0.2, -0.15) is 0 Å². The number of hydrogen-bond donors (Lipinski definition) is 2. The average molecular weight is 171 g/mol. The zero-order valence-electron chi connectivity index (χ0n) is 6.82. The molecule has 0 aromatic carbocycles. The highest BCUT2D eigenvalue weighted by Gasteiger charge is 2.39. The van der Waals surface area contributed by atoms with Crippen LogP contribution in [0.25, 0.3) is 0 Å². The molecule has 2 N–H and O–H groups in total. The minimum Gasteiger partial charge on any atom is -0.481 e. The van der Waals surface area contributed by atoms with E-state index in [1.165, 1.54) is 0 Å². The summed E-state index contributed by atoms with van der Waals surface area (Å²) in [7, 11) is 0. The van der Waals surface area contributed by atoms with E-state index in [1.54, 1.807) is 0 Å². The summed E-state index contributed by atoms with van der Waals surface area (Å²) >= 11 is 0. The van der Waals surface area contributed by atoms with E-state index in [4.69, 9.17) is 9.84 Å². The summed E-state index contributed by atoms with van der Waals surface area (Å²) in [5.41, 5.74) is 0. The van der Waals surface area contributed by atoms with Gasteiger partial charge < -0.3 is 15.2 Å². The summed E-state index contributed by atoms with van der Waals surface area (Å²) in [5.74, 6) is -0.889. The van der Waals surface area contributed by atoms with Gasteiger partial charge in [0.05, 0.1) is 18.6 Å². The second-order valence-corrected chi connectivity index (χ2v) is 3.48. The van der Waals surface area contributed by atoms with E-state index in [9.17, 15) is 4.79 Å². The Morgan fingerprint density at radius 1 is 1.50 bits per heavy atom. The van der Waals surface area contributed by atoms with Crippen LogP contribution in [0.4, 0.5) is 0 Å². The van der Waals surface area contributed by atoms with Gasteiger partial charge in [-0.15, -0.1) is 0 Å². The molecule has 0 amide bonds. The van der Waals surface area contributed by atoms with Crippen LogP contribution < -0.4 is 5.32 Å². The van der Waals surface area contributed by atoms with Gasteiger partial charge in [0.15, 0.2) is 0 Å². The number of nitrogens with one attached hydrogen (secondary N) is 1. The van der Waals surface area contributed by atoms with Gasteiger partial charge in [0, 0.05) is 12.6 Å². The Kier molecular flexibility index (Phi) is 2.02. The molecule has 3 atom stereocenters. The van der Waals surface area contributed by atoms with Crippen LogP contribution in [-0.4, -0.2) is 36.4 Å². The van der Waals surface area contributed by atoms with Crippen molar-refractivity contribution in [1.82, 2.24) is 5.32 Å². The summed E-state index contributed by atoms with van der Waals surface area (Å²) in [6.45, 7) is 1.57. The molecular formula is C8H13NO3. The highest BCUT2D eigenvalue weighted by Crippen LogP contribution is 2.29. The van der Waals surface area contributed by atoms with Crippen LogP contribution in [0.3, 0.4) is 0 Å². The van der Waals surface area contributed by atoms with Crippen LogP contribution in [0.5, 0.6) is 0 Å². The lowest BCUT2D eigenvalue weighted by atomic mass is 10.1. The van der Waals surface area contributed by atoms with Gasteiger partial charge in [0.1, 0.15) is 0 Å². The SMILES string of the molecule is O=C(O)[C@@H]1C[C@@H]2OCCN[C@@H]2C1. The standard InChI is InChI=1S/C8H13NO3/c10-8(11)5-3-6-7(4-5)12-2-1-9-6/h5-7,9H,1-4H2,(H,10,11)/t5-,6+,7-/m0/s1. The molecule has 2 aliphatic rings. The first-order valence-electron chi connectivity index (χ1n) is 4.35. The van der Waals surface area contributed by atoms with Crippen molar-refractivity contribution in [1.29, 1.82) is 0 Å². The Balaban J connectivity index is 1.98. The minimum absolute atomic E-state index is 0.139. The fourth-order valence-electron chi connectivity index (χ4n) is 2.05. The normalized spacial score (nSPS) is 40.8. The molecule has 0 aromatic heterocycles. The van der Waals surface area contributed by atoms with Crippen molar-refractivity contribution >= 4 is 5.97 Å². The summed E-state index contributed by atoms with van der Waals surface area (Å²) in [4.78, 5) is 10.7. The molecule has 0 unspecified atom stereocenters. The first-order chi connectivity index (χ1) is 5.77. The summed E-state index contributed by atoms with van der Waals surface area (Å²) in [6, 6.07) is 0.278. The number of rotatable bonds is 1. The highest BCUT2D eigenvalue weighted by atomic mass is 16.5. The molecule has 1 aliphatic carbocycles. The van der Waals surface area contributed by atoms with Crippen molar-refractivity contribution in [3.8, 4) is 0 Å². The molecule has 0 bridgehead atoms. The number of ether oxygens (including phenoxy) is 1. The zero-order chi connectivity index (χ0) is 8.55. The van der Waals surface area contributed by atoms with Crippen LogP contribution in [0, 0.1) is 5.92 Å². The number of carbonyl (C=O) groups is 1. The van der Waals surface area contributed by atoms with Crippen molar-refractivity contribution < 1.29 is 14.6 Å². The lowest BCUT2D eigenvalue weighted by molar-refractivity contribution is -0.141. The maximum Gasteiger partial charge on any atom is 0.306 e. The molecular weight excluding hydrogens is 158 g/mol. The third-order valence-corrected chi connectivity index (χ3v) is 2.69. The molecule has 2 rings (SSSR count). The second kappa shape index (κ2) is 3.03. The van der Waals surface area contributed by atoms with Crippen LogP contribution in [0.15, 0.2) is 0 Å². The lowest BCUT2D eigenvalue weighted by Crippen LogP contribution is -2.44. The molecule has 4 nitrogen and oxygen atoms in total. The number of fused-ring (bicyclic) bond motifs is 1. The Morgan fingerprint density at radius 3 is 3.00 bits per heavy atom.